The van der Waals surface area contributed by atoms with E-state index in [0.29, 0.717) is 0 Å². The van der Waals surface area contributed by atoms with Crippen LogP contribution in [0.3, 0.4) is 0 Å². The lowest BCUT2D eigenvalue weighted by Crippen LogP contribution is -2.10. The number of benzene rings is 9. The maximum absolute atomic E-state index is 6.24. The lowest BCUT2D eigenvalue weighted by Gasteiger charge is -2.26. The molecule has 0 spiro atoms. The molecule has 3 heteroatoms. The third-order valence-corrected chi connectivity index (χ3v) is 11.2. The van der Waals surface area contributed by atoms with E-state index >= 15 is 0 Å². The van der Waals surface area contributed by atoms with Gasteiger partial charge in [0.25, 0.3) is 0 Å². The van der Waals surface area contributed by atoms with Crippen LogP contribution in [-0.4, -0.2) is 4.57 Å². The number of para-hydroxylation sites is 3. The Labute approximate surface area is 330 Å². The minimum atomic E-state index is 0.899. The molecule has 2 aromatic heterocycles. The van der Waals surface area contributed by atoms with Crippen molar-refractivity contribution in [2.75, 3.05) is 4.90 Å². The van der Waals surface area contributed by atoms with Gasteiger partial charge in [-0.1, -0.05) is 146 Å². The van der Waals surface area contributed by atoms with Crippen molar-refractivity contribution < 1.29 is 4.42 Å². The summed E-state index contributed by atoms with van der Waals surface area (Å²) < 4.78 is 8.61. The summed E-state index contributed by atoms with van der Waals surface area (Å²) in [7, 11) is 0. The highest BCUT2D eigenvalue weighted by atomic mass is 16.3. The van der Waals surface area contributed by atoms with E-state index in [2.05, 4.69) is 216 Å². The molecule has 0 radical (unpaired) electrons. The van der Waals surface area contributed by atoms with Gasteiger partial charge in [0.2, 0.25) is 0 Å². The Bertz CT molecular complexity index is 3160. The zero-order valence-corrected chi connectivity index (χ0v) is 31.1. The summed E-state index contributed by atoms with van der Waals surface area (Å²) in [5, 5.41) is 4.79. The van der Waals surface area contributed by atoms with Crippen molar-refractivity contribution in [3.8, 4) is 39.1 Å². The first kappa shape index (κ1) is 32.8. The van der Waals surface area contributed by atoms with Gasteiger partial charge in [0.1, 0.15) is 11.2 Å². The molecule has 0 amide bonds. The monoisotopic (exact) mass is 728 g/mol. The molecule has 0 saturated heterocycles. The Hall–Kier alpha value is -7.62. The Morgan fingerprint density at radius 1 is 0.333 bits per heavy atom. The summed E-state index contributed by atoms with van der Waals surface area (Å²) in [5.41, 5.74) is 15.6. The highest BCUT2D eigenvalue weighted by Gasteiger charge is 2.18. The zero-order chi connectivity index (χ0) is 37.7. The van der Waals surface area contributed by atoms with E-state index in [9.17, 15) is 0 Å². The van der Waals surface area contributed by atoms with Crippen LogP contribution < -0.4 is 4.90 Å². The Morgan fingerprint density at radius 2 is 0.842 bits per heavy atom. The summed E-state index contributed by atoms with van der Waals surface area (Å²) in [4.78, 5) is 2.36. The molecule has 2 heterocycles. The highest BCUT2D eigenvalue weighted by Crippen LogP contribution is 2.41. The minimum Gasteiger partial charge on any atom is -0.456 e. The lowest BCUT2D eigenvalue weighted by atomic mass is 9.98. The molecule has 0 unspecified atom stereocenters. The van der Waals surface area contributed by atoms with Crippen molar-refractivity contribution in [2.24, 2.45) is 0 Å². The molecule has 0 aliphatic rings. The molecule has 0 bridgehead atoms. The number of fused-ring (bicyclic) bond motifs is 6. The molecule has 57 heavy (non-hydrogen) atoms. The van der Waals surface area contributed by atoms with Gasteiger partial charge in [0.15, 0.2) is 0 Å². The molecule has 11 aromatic rings. The second-order valence-corrected chi connectivity index (χ2v) is 14.5. The fraction of sp³-hybridized carbons (Fsp3) is 0. The Morgan fingerprint density at radius 3 is 1.54 bits per heavy atom. The first-order valence-electron chi connectivity index (χ1n) is 19.4. The summed E-state index contributed by atoms with van der Waals surface area (Å²) in [6, 6.07) is 78.1. The number of rotatable bonds is 7. The van der Waals surface area contributed by atoms with Gasteiger partial charge in [-0.3, -0.25) is 0 Å². The molecule has 0 aliphatic carbocycles. The zero-order valence-electron chi connectivity index (χ0n) is 31.1. The van der Waals surface area contributed by atoms with Gasteiger partial charge in [-0.2, -0.15) is 0 Å². The highest BCUT2D eigenvalue weighted by molar-refractivity contribution is 6.12. The van der Waals surface area contributed by atoms with Crippen molar-refractivity contribution >= 4 is 60.8 Å². The predicted octanol–water partition coefficient (Wildman–Crippen LogP) is 15.2. The van der Waals surface area contributed by atoms with Gasteiger partial charge in [-0.25, -0.2) is 0 Å². The van der Waals surface area contributed by atoms with Crippen LogP contribution in [0.2, 0.25) is 0 Å². The van der Waals surface area contributed by atoms with E-state index in [-0.39, 0.29) is 0 Å². The Kier molecular flexibility index (Phi) is 7.82. The van der Waals surface area contributed by atoms with Crippen molar-refractivity contribution in [3.63, 3.8) is 0 Å². The normalized spacial score (nSPS) is 11.5. The third kappa shape index (κ3) is 5.68. The summed E-state index contributed by atoms with van der Waals surface area (Å²) in [5.74, 6) is 0. The van der Waals surface area contributed by atoms with E-state index in [1.165, 1.54) is 38.5 Å². The van der Waals surface area contributed by atoms with Crippen LogP contribution in [0.5, 0.6) is 0 Å². The first-order chi connectivity index (χ1) is 28.3. The second kappa shape index (κ2) is 13.6. The number of hydrogen-bond acceptors (Lipinski definition) is 2. The molecule has 0 N–H and O–H groups in total. The fourth-order valence-corrected chi connectivity index (χ4v) is 8.51. The topological polar surface area (TPSA) is 21.3 Å². The number of hydrogen-bond donors (Lipinski definition) is 0. The van der Waals surface area contributed by atoms with Gasteiger partial charge < -0.3 is 13.9 Å². The third-order valence-electron chi connectivity index (χ3n) is 11.2. The van der Waals surface area contributed by atoms with Gasteiger partial charge in [0.05, 0.1) is 11.0 Å². The van der Waals surface area contributed by atoms with Crippen molar-refractivity contribution in [1.82, 2.24) is 4.57 Å². The predicted molar refractivity (Wildman–Crippen MR) is 239 cm³/mol. The lowest BCUT2D eigenvalue weighted by molar-refractivity contribution is 0.669. The molecular weight excluding hydrogens is 693 g/mol. The second-order valence-electron chi connectivity index (χ2n) is 14.5. The average molecular weight is 729 g/mol. The van der Waals surface area contributed by atoms with Crippen LogP contribution in [0.4, 0.5) is 17.1 Å². The van der Waals surface area contributed by atoms with E-state index in [1.807, 2.05) is 12.1 Å². The molecule has 3 nitrogen and oxygen atoms in total. The van der Waals surface area contributed by atoms with Gasteiger partial charge in [-0.15, -0.1) is 0 Å². The summed E-state index contributed by atoms with van der Waals surface area (Å²) in [6.07, 6.45) is 0. The largest absolute Gasteiger partial charge is 0.456 e. The quantitative estimate of drug-likeness (QED) is 0.163. The van der Waals surface area contributed by atoms with Crippen LogP contribution in [0.25, 0.3) is 82.8 Å². The maximum Gasteiger partial charge on any atom is 0.136 e. The van der Waals surface area contributed by atoms with Crippen LogP contribution in [0.15, 0.2) is 223 Å². The van der Waals surface area contributed by atoms with Crippen LogP contribution >= 0.6 is 0 Å². The van der Waals surface area contributed by atoms with Crippen LogP contribution in [0, 0.1) is 0 Å². The number of aromatic nitrogens is 1. The molecule has 0 aliphatic heterocycles. The SMILES string of the molecule is c1ccc(-c2ccc(-c3cccc(N(c4ccc(-c5cccc6oc7ccccc7c56)cc4)c4ccc(-n5c6ccccc6c6ccccc65)cc4)c3)cc2)cc1. The van der Waals surface area contributed by atoms with Crippen molar-refractivity contribution in [1.29, 1.82) is 0 Å². The average Bonchev–Trinajstić information content (AvgIpc) is 3.84. The van der Waals surface area contributed by atoms with E-state index in [4.69, 9.17) is 4.42 Å². The van der Waals surface area contributed by atoms with Gasteiger partial charge >= 0.3 is 0 Å². The van der Waals surface area contributed by atoms with E-state index < -0.39 is 0 Å². The first-order valence-corrected chi connectivity index (χ1v) is 19.4. The molecule has 9 aromatic carbocycles. The number of nitrogens with zero attached hydrogens (tertiary/aromatic N) is 2. The van der Waals surface area contributed by atoms with Crippen molar-refractivity contribution in [3.05, 3.63) is 218 Å². The minimum absolute atomic E-state index is 0.899. The molecule has 0 fully saturated rings. The number of anilines is 3. The van der Waals surface area contributed by atoms with Crippen LogP contribution in [0.1, 0.15) is 0 Å². The number of furan rings is 1. The summed E-state index contributed by atoms with van der Waals surface area (Å²) in [6.45, 7) is 0. The molecule has 11 rings (SSSR count). The van der Waals surface area contributed by atoms with Crippen LogP contribution in [-0.2, 0) is 0 Å². The van der Waals surface area contributed by atoms with Gasteiger partial charge in [0, 0.05) is 44.3 Å². The van der Waals surface area contributed by atoms with Gasteiger partial charge in [-0.05, 0) is 106 Å². The smallest absolute Gasteiger partial charge is 0.136 e. The molecule has 268 valence electrons. The molecule has 0 atom stereocenters. The molecule has 0 saturated carbocycles. The van der Waals surface area contributed by atoms with Crippen molar-refractivity contribution in [2.45, 2.75) is 0 Å². The molecular formula is C54H36N2O. The standard InChI is InChI=1S/C54H36N2O/c1-2-12-37(13-3-1)38-24-26-39(27-25-38)41-14-10-15-45(36-41)55(42-30-28-40(29-31-42)46-19-11-23-53-54(46)49-18-6-9-22-52(49)57-53)43-32-34-44(35-33-43)56-50-20-7-4-16-47(50)48-17-5-8-21-51(48)56/h1-36H. The maximum atomic E-state index is 6.24. The Balaban J connectivity index is 1.02. The van der Waals surface area contributed by atoms with E-state index in [1.54, 1.807) is 0 Å². The van der Waals surface area contributed by atoms with E-state index in [0.717, 1.165) is 61.4 Å². The summed E-state index contributed by atoms with van der Waals surface area (Å²) >= 11 is 0. The fourth-order valence-electron chi connectivity index (χ4n) is 8.51.